The Bertz CT molecular complexity index is 297. The predicted octanol–water partition coefficient (Wildman–Crippen LogP) is 2.87. The normalized spacial score (nSPS) is 10.8. The minimum Gasteiger partial charge on any atom is -0.497 e. The van der Waals surface area contributed by atoms with Crippen LogP contribution in [0.1, 0.15) is 25.8 Å². The quantitative estimate of drug-likeness (QED) is 0.715. The van der Waals surface area contributed by atoms with Crippen LogP contribution in [0.4, 0.5) is 0 Å². The molecule has 16 heavy (non-hydrogen) atoms. The van der Waals surface area contributed by atoms with Gasteiger partial charge in [0.1, 0.15) is 5.75 Å². The number of nitrogens with one attached hydrogen (secondary N) is 1. The number of hydrogen-bond donors (Lipinski definition) is 1. The zero-order valence-corrected chi connectivity index (χ0v) is 10.6. The molecule has 0 aliphatic carbocycles. The molecule has 1 aromatic rings. The highest BCUT2D eigenvalue weighted by atomic mass is 16.5. The number of ether oxygens (including phenoxy) is 1. The van der Waals surface area contributed by atoms with E-state index in [1.165, 1.54) is 12.0 Å². The summed E-state index contributed by atoms with van der Waals surface area (Å²) in [7, 11) is 1.71. The molecule has 1 aromatic carbocycles. The summed E-state index contributed by atoms with van der Waals surface area (Å²) in [4.78, 5) is 0. The van der Waals surface area contributed by atoms with Gasteiger partial charge in [-0.15, -0.1) is 0 Å². The fourth-order valence-electron chi connectivity index (χ4n) is 1.64. The fourth-order valence-corrected chi connectivity index (χ4v) is 1.64. The van der Waals surface area contributed by atoms with Crippen molar-refractivity contribution >= 4 is 0 Å². The van der Waals surface area contributed by atoms with E-state index < -0.39 is 0 Å². The van der Waals surface area contributed by atoms with Crippen molar-refractivity contribution in [2.75, 3.05) is 20.2 Å². The summed E-state index contributed by atoms with van der Waals surface area (Å²) in [6.07, 6.45) is 2.29. The maximum absolute atomic E-state index is 5.20. The van der Waals surface area contributed by atoms with Gasteiger partial charge < -0.3 is 10.1 Å². The molecule has 2 heteroatoms. The van der Waals surface area contributed by atoms with Gasteiger partial charge in [-0.3, -0.25) is 0 Å². The maximum atomic E-state index is 5.20. The first-order valence-electron chi connectivity index (χ1n) is 6.06. The molecular weight excluding hydrogens is 198 g/mol. The van der Waals surface area contributed by atoms with Crippen molar-refractivity contribution in [3.8, 4) is 5.75 Å². The van der Waals surface area contributed by atoms with Crippen LogP contribution in [0.3, 0.4) is 0 Å². The maximum Gasteiger partial charge on any atom is 0.119 e. The van der Waals surface area contributed by atoms with Gasteiger partial charge in [-0.2, -0.15) is 0 Å². The van der Waals surface area contributed by atoms with E-state index in [2.05, 4.69) is 37.4 Å². The summed E-state index contributed by atoms with van der Waals surface area (Å²) in [6, 6.07) is 8.31. The molecule has 0 saturated carbocycles. The fraction of sp³-hybridized carbons (Fsp3) is 0.571. The van der Waals surface area contributed by atoms with Crippen LogP contribution in [0.15, 0.2) is 24.3 Å². The molecule has 0 saturated heterocycles. The Labute approximate surface area is 99.0 Å². The lowest BCUT2D eigenvalue weighted by Gasteiger charge is -2.07. The van der Waals surface area contributed by atoms with Crippen LogP contribution >= 0.6 is 0 Å². The minimum atomic E-state index is 0.733. The molecule has 1 N–H and O–H groups in total. The molecule has 0 aliphatic rings. The zero-order chi connectivity index (χ0) is 11.8. The topological polar surface area (TPSA) is 21.3 Å². The first-order valence-corrected chi connectivity index (χ1v) is 6.06. The van der Waals surface area contributed by atoms with Gasteiger partial charge >= 0.3 is 0 Å². The molecule has 0 spiro atoms. The van der Waals surface area contributed by atoms with Crippen LogP contribution in [0.25, 0.3) is 0 Å². The van der Waals surface area contributed by atoms with Crippen LogP contribution in [0, 0.1) is 5.92 Å². The number of aryl methyl sites for hydroxylation is 1. The highest BCUT2D eigenvalue weighted by Crippen LogP contribution is 2.13. The molecule has 0 fully saturated rings. The number of hydrogen-bond acceptors (Lipinski definition) is 2. The molecule has 0 aromatic heterocycles. The van der Waals surface area contributed by atoms with Crippen LogP contribution in [0.2, 0.25) is 0 Å². The van der Waals surface area contributed by atoms with Crippen molar-refractivity contribution in [3.63, 3.8) is 0 Å². The molecule has 0 heterocycles. The Balaban J connectivity index is 2.21. The predicted molar refractivity (Wildman–Crippen MR) is 69.0 cm³/mol. The zero-order valence-electron chi connectivity index (χ0n) is 10.6. The highest BCUT2D eigenvalue weighted by molar-refractivity contribution is 5.28. The minimum absolute atomic E-state index is 0.733. The highest BCUT2D eigenvalue weighted by Gasteiger charge is 1.96. The summed E-state index contributed by atoms with van der Waals surface area (Å²) in [5, 5.41) is 3.45. The first-order chi connectivity index (χ1) is 7.72. The second-order valence-electron chi connectivity index (χ2n) is 4.55. The van der Waals surface area contributed by atoms with E-state index >= 15 is 0 Å². The van der Waals surface area contributed by atoms with Crippen molar-refractivity contribution < 1.29 is 4.74 Å². The monoisotopic (exact) mass is 221 g/mol. The van der Waals surface area contributed by atoms with E-state index in [9.17, 15) is 0 Å². The second kappa shape index (κ2) is 7.29. The van der Waals surface area contributed by atoms with Gasteiger partial charge in [0.05, 0.1) is 7.11 Å². The van der Waals surface area contributed by atoms with Crippen molar-refractivity contribution in [2.24, 2.45) is 5.92 Å². The Hall–Kier alpha value is -1.02. The van der Waals surface area contributed by atoms with Gasteiger partial charge in [0.2, 0.25) is 0 Å². The molecule has 1 rings (SSSR count). The summed E-state index contributed by atoms with van der Waals surface area (Å²) >= 11 is 0. The summed E-state index contributed by atoms with van der Waals surface area (Å²) in [6.45, 7) is 6.66. The molecule has 0 amide bonds. The average Bonchev–Trinajstić information content (AvgIpc) is 2.28. The summed E-state index contributed by atoms with van der Waals surface area (Å²) in [5.74, 6) is 1.68. The summed E-state index contributed by atoms with van der Waals surface area (Å²) < 4.78 is 5.20. The summed E-state index contributed by atoms with van der Waals surface area (Å²) in [5.41, 5.74) is 1.35. The lowest BCUT2D eigenvalue weighted by atomic mass is 10.1. The van der Waals surface area contributed by atoms with E-state index in [1.54, 1.807) is 7.11 Å². The van der Waals surface area contributed by atoms with E-state index in [4.69, 9.17) is 4.74 Å². The van der Waals surface area contributed by atoms with Gasteiger partial charge in [-0.05, 0) is 49.5 Å². The third-order valence-corrected chi connectivity index (χ3v) is 2.51. The molecule has 2 nitrogen and oxygen atoms in total. The van der Waals surface area contributed by atoms with Crippen molar-refractivity contribution in [1.82, 2.24) is 5.32 Å². The number of rotatable bonds is 7. The average molecular weight is 221 g/mol. The van der Waals surface area contributed by atoms with Crippen LogP contribution in [-0.4, -0.2) is 20.2 Å². The van der Waals surface area contributed by atoms with Crippen molar-refractivity contribution in [2.45, 2.75) is 26.7 Å². The van der Waals surface area contributed by atoms with Crippen LogP contribution in [-0.2, 0) is 6.42 Å². The molecule has 0 atom stereocenters. The SMILES string of the molecule is COc1cccc(CCCNCC(C)C)c1. The molecule has 0 unspecified atom stereocenters. The van der Waals surface area contributed by atoms with Crippen molar-refractivity contribution in [1.29, 1.82) is 0 Å². The van der Waals surface area contributed by atoms with Gasteiger partial charge in [0, 0.05) is 0 Å². The Kier molecular flexibility index (Phi) is 5.94. The van der Waals surface area contributed by atoms with E-state index in [1.807, 2.05) is 6.07 Å². The van der Waals surface area contributed by atoms with E-state index in [-0.39, 0.29) is 0 Å². The number of methoxy groups -OCH3 is 1. The largest absolute Gasteiger partial charge is 0.497 e. The van der Waals surface area contributed by atoms with E-state index in [0.29, 0.717) is 0 Å². The molecule has 0 aliphatic heterocycles. The Morgan fingerprint density at radius 1 is 1.31 bits per heavy atom. The van der Waals surface area contributed by atoms with Gasteiger partial charge in [-0.1, -0.05) is 26.0 Å². The molecule has 90 valence electrons. The van der Waals surface area contributed by atoms with Gasteiger partial charge in [0.25, 0.3) is 0 Å². The third-order valence-electron chi connectivity index (χ3n) is 2.51. The standard InChI is InChI=1S/C14H23NO/c1-12(2)11-15-9-5-7-13-6-4-8-14(10-13)16-3/h4,6,8,10,12,15H,5,7,9,11H2,1-3H3. The lowest BCUT2D eigenvalue weighted by molar-refractivity contribution is 0.414. The Morgan fingerprint density at radius 3 is 2.81 bits per heavy atom. The lowest BCUT2D eigenvalue weighted by Crippen LogP contribution is -2.21. The van der Waals surface area contributed by atoms with E-state index in [0.717, 1.165) is 31.2 Å². The van der Waals surface area contributed by atoms with Gasteiger partial charge in [0.15, 0.2) is 0 Å². The third kappa shape index (κ3) is 5.17. The van der Waals surface area contributed by atoms with Crippen LogP contribution < -0.4 is 10.1 Å². The molecule has 0 radical (unpaired) electrons. The van der Waals surface area contributed by atoms with Crippen molar-refractivity contribution in [3.05, 3.63) is 29.8 Å². The first kappa shape index (κ1) is 13.0. The smallest absolute Gasteiger partial charge is 0.119 e. The van der Waals surface area contributed by atoms with Gasteiger partial charge in [-0.25, -0.2) is 0 Å². The van der Waals surface area contributed by atoms with Crippen LogP contribution in [0.5, 0.6) is 5.75 Å². The second-order valence-corrected chi connectivity index (χ2v) is 4.55. The molecule has 0 bridgehead atoms. The molecular formula is C14H23NO. The number of benzene rings is 1. The Morgan fingerprint density at radius 2 is 2.12 bits per heavy atom.